The molecule has 0 amide bonds. The summed E-state index contributed by atoms with van der Waals surface area (Å²) in [5.41, 5.74) is 1.85. The molecule has 1 heterocycles. The van der Waals surface area contributed by atoms with Gasteiger partial charge in [0.15, 0.2) is 0 Å². The van der Waals surface area contributed by atoms with Crippen molar-refractivity contribution in [3.63, 3.8) is 0 Å². The van der Waals surface area contributed by atoms with Gasteiger partial charge in [0.05, 0.1) is 17.8 Å². The van der Waals surface area contributed by atoms with Crippen LogP contribution >= 0.6 is 11.3 Å². The largest absolute Gasteiger partial charge is 0.496 e. The van der Waals surface area contributed by atoms with Gasteiger partial charge in [0.1, 0.15) is 11.6 Å². The molecule has 1 aromatic carbocycles. The summed E-state index contributed by atoms with van der Waals surface area (Å²) < 4.78 is 18.9. The van der Waals surface area contributed by atoms with Gasteiger partial charge in [-0.2, -0.15) is 0 Å². The number of methoxy groups -OCH3 is 1. The van der Waals surface area contributed by atoms with E-state index in [1.165, 1.54) is 12.1 Å². The highest BCUT2D eigenvalue weighted by molar-refractivity contribution is 7.09. The molecule has 0 fully saturated rings. The average molecular weight is 294 g/mol. The molecule has 3 nitrogen and oxygen atoms in total. The molecule has 0 saturated carbocycles. The molecule has 1 aromatic heterocycles. The molecule has 2 aromatic rings. The second-order valence-electron chi connectivity index (χ2n) is 4.56. The first-order valence-electron chi connectivity index (χ1n) is 6.61. The van der Waals surface area contributed by atoms with Crippen molar-refractivity contribution < 1.29 is 9.13 Å². The van der Waals surface area contributed by atoms with Crippen LogP contribution < -0.4 is 10.1 Å². The number of nitrogens with one attached hydrogen (secondary N) is 1. The van der Waals surface area contributed by atoms with Crippen molar-refractivity contribution in [2.45, 2.75) is 26.3 Å². The maximum Gasteiger partial charge on any atom is 0.123 e. The van der Waals surface area contributed by atoms with Crippen molar-refractivity contribution in [3.8, 4) is 5.75 Å². The number of benzene rings is 1. The average Bonchev–Trinajstić information content (AvgIpc) is 2.84. The third-order valence-corrected chi connectivity index (χ3v) is 3.92. The van der Waals surface area contributed by atoms with Crippen LogP contribution in [0.4, 0.5) is 4.39 Å². The van der Waals surface area contributed by atoms with Gasteiger partial charge in [-0.05, 0) is 31.7 Å². The molecule has 5 heteroatoms. The van der Waals surface area contributed by atoms with Crippen LogP contribution in [0.2, 0.25) is 0 Å². The second-order valence-corrected chi connectivity index (χ2v) is 5.62. The van der Waals surface area contributed by atoms with E-state index in [9.17, 15) is 4.39 Å². The topological polar surface area (TPSA) is 34.2 Å². The molecular formula is C15H19FN2OS. The maximum atomic E-state index is 13.5. The van der Waals surface area contributed by atoms with Crippen LogP contribution in [0.3, 0.4) is 0 Å². The number of thiazole rings is 1. The van der Waals surface area contributed by atoms with E-state index in [1.54, 1.807) is 24.5 Å². The van der Waals surface area contributed by atoms with Crippen LogP contribution in [0, 0.1) is 12.7 Å². The molecule has 0 aliphatic rings. The number of ether oxygens (including phenoxy) is 1. The summed E-state index contributed by atoms with van der Waals surface area (Å²) >= 11 is 1.63. The van der Waals surface area contributed by atoms with Crippen molar-refractivity contribution >= 4 is 11.3 Å². The zero-order valence-electron chi connectivity index (χ0n) is 11.9. The standard InChI is InChI=1S/C15H19FN2OS/c1-4-17-14(8-12-9-20-10(2)18-12)13-7-11(16)5-6-15(13)19-3/h5-7,9,14,17H,4,8H2,1-3H3. The molecule has 0 aliphatic heterocycles. The highest BCUT2D eigenvalue weighted by atomic mass is 32.1. The van der Waals surface area contributed by atoms with Crippen molar-refractivity contribution in [1.82, 2.24) is 10.3 Å². The van der Waals surface area contributed by atoms with Crippen molar-refractivity contribution in [2.24, 2.45) is 0 Å². The number of rotatable bonds is 6. The smallest absolute Gasteiger partial charge is 0.123 e. The minimum Gasteiger partial charge on any atom is -0.496 e. The Morgan fingerprint density at radius 3 is 2.85 bits per heavy atom. The van der Waals surface area contributed by atoms with Gasteiger partial charge in [-0.25, -0.2) is 9.37 Å². The lowest BCUT2D eigenvalue weighted by Crippen LogP contribution is -2.23. The fourth-order valence-electron chi connectivity index (χ4n) is 2.23. The van der Waals surface area contributed by atoms with Crippen LogP contribution in [0.1, 0.15) is 29.2 Å². The summed E-state index contributed by atoms with van der Waals surface area (Å²) in [5, 5.41) is 6.47. The Bertz CT molecular complexity index is 571. The lowest BCUT2D eigenvalue weighted by atomic mass is 10.0. The minimum atomic E-state index is -0.252. The van der Waals surface area contributed by atoms with E-state index in [1.807, 2.05) is 19.2 Å². The third-order valence-electron chi connectivity index (χ3n) is 3.10. The van der Waals surface area contributed by atoms with E-state index < -0.39 is 0 Å². The monoisotopic (exact) mass is 294 g/mol. The van der Waals surface area contributed by atoms with E-state index in [-0.39, 0.29) is 11.9 Å². The molecule has 0 aliphatic carbocycles. The van der Waals surface area contributed by atoms with E-state index in [2.05, 4.69) is 10.3 Å². The van der Waals surface area contributed by atoms with Crippen LogP contribution in [-0.4, -0.2) is 18.6 Å². The fraction of sp³-hybridized carbons (Fsp3) is 0.400. The van der Waals surface area contributed by atoms with Crippen LogP contribution in [0.15, 0.2) is 23.6 Å². The van der Waals surface area contributed by atoms with E-state index in [0.717, 1.165) is 29.2 Å². The molecule has 108 valence electrons. The third kappa shape index (κ3) is 3.55. The zero-order chi connectivity index (χ0) is 14.5. The molecule has 2 rings (SSSR count). The van der Waals surface area contributed by atoms with Gasteiger partial charge in [0.2, 0.25) is 0 Å². The number of halogens is 1. The van der Waals surface area contributed by atoms with Gasteiger partial charge < -0.3 is 10.1 Å². The summed E-state index contributed by atoms with van der Waals surface area (Å²) in [6.07, 6.45) is 0.720. The van der Waals surface area contributed by atoms with Crippen molar-refractivity contribution in [1.29, 1.82) is 0 Å². The number of hydrogen-bond donors (Lipinski definition) is 1. The van der Waals surface area contributed by atoms with E-state index in [0.29, 0.717) is 5.75 Å². The Labute approximate surface area is 122 Å². The first-order chi connectivity index (χ1) is 9.63. The number of hydrogen-bond acceptors (Lipinski definition) is 4. The normalized spacial score (nSPS) is 12.4. The van der Waals surface area contributed by atoms with Gasteiger partial charge >= 0.3 is 0 Å². The Hall–Kier alpha value is -1.46. The van der Waals surface area contributed by atoms with Crippen molar-refractivity contribution in [2.75, 3.05) is 13.7 Å². The van der Waals surface area contributed by atoms with E-state index >= 15 is 0 Å². The van der Waals surface area contributed by atoms with Gasteiger partial charge in [0, 0.05) is 23.4 Å². The lowest BCUT2D eigenvalue weighted by molar-refractivity contribution is 0.397. The van der Waals surface area contributed by atoms with Gasteiger partial charge in [-0.15, -0.1) is 11.3 Å². The molecule has 1 N–H and O–H groups in total. The summed E-state index contributed by atoms with van der Waals surface area (Å²) in [6.45, 7) is 4.82. The Balaban J connectivity index is 2.30. The predicted octanol–water partition coefficient (Wildman–Crippen LogP) is 3.49. The highest BCUT2D eigenvalue weighted by Gasteiger charge is 2.18. The first-order valence-corrected chi connectivity index (χ1v) is 7.49. The molecular weight excluding hydrogens is 275 g/mol. The number of aromatic nitrogens is 1. The molecule has 0 spiro atoms. The lowest BCUT2D eigenvalue weighted by Gasteiger charge is -2.20. The molecule has 0 radical (unpaired) electrons. The SMILES string of the molecule is CCNC(Cc1csc(C)n1)c1cc(F)ccc1OC. The van der Waals surface area contributed by atoms with Crippen molar-refractivity contribution in [3.05, 3.63) is 45.7 Å². The summed E-state index contributed by atoms with van der Waals surface area (Å²) in [4.78, 5) is 4.48. The Morgan fingerprint density at radius 1 is 1.45 bits per heavy atom. The maximum absolute atomic E-state index is 13.5. The van der Waals surface area contributed by atoms with Gasteiger partial charge in [-0.3, -0.25) is 0 Å². The zero-order valence-corrected chi connectivity index (χ0v) is 12.8. The summed E-state index contributed by atoms with van der Waals surface area (Å²) in [6, 6.07) is 4.61. The molecule has 0 bridgehead atoms. The Kier molecular flexibility index (Phi) is 5.09. The molecule has 1 unspecified atom stereocenters. The number of likely N-dealkylation sites (N-methyl/N-ethyl adjacent to an activating group) is 1. The molecule has 1 atom stereocenters. The number of nitrogens with zero attached hydrogens (tertiary/aromatic N) is 1. The van der Waals surface area contributed by atoms with Crippen LogP contribution in [0.25, 0.3) is 0 Å². The number of aryl methyl sites for hydroxylation is 1. The first kappa shape index (κ1) is 14.9. The Morgan fingerprint density at radius 2 is 2.25 bits per heavy atom. The predicted molar refractivity (Wildman–Crippen MR) is 79.9 cm³/mol. The minimum absolute atomic E-state index is 0.00727. The van der Waals surface area contributed by atoms with E-state index in [4.69, 9.17) is 4.74 Å². The molecule has 0 saturated heterocycles. The van der Waals surface area contributed by atoms with Gasteiger partial charge in [0.25, 0.3) is 0 Å². The fourth-order valence-corrected chi connectivity index (χ4v) is 2.85. The van der Waals surface area contributed by atoms with Crippen LogP contribution in [0.5, 0.6) is 5.75 Å². The summed E-state index contributed by atoms with van der Waals surface area (Å²) in [5.74, 6) is 0.447. The van der Waals surface area contributed by atoms with Crippen LogP contribution in [-0.2, 0) is 6.42 Å². The quantitative estimate of drug-likeness (QED) is 0.885. The summed E-state index contributed by atoms with van der Waals surface area (Å²) in [7, 11) is 1.60. The molecule has 20 heavy (non-hydrogen) atoms. The highest BCUT2D eigenvalue weighted by Crippen LogP contribution is 2.28. The van der Waals surface area contributed by atoms with Gasteiger partial charge in [-0.1, -0.05) is 6.92 Å². The second kappa shape index (κ2) is 6.81.